The first kappa shape index (κ1) is 30.8. The van der Waals surface area contributed by atoms with E-state index in [1.54, 1.807) is 24.3 Å². The predicted octanol–water partition coefficient (Wildman–Crippen LogP) is 3.70. The van der Waals surface area contributed by atoms with Crippen LogP contribution >= 0.6 is 11.3 Å². The molecule has 2 fully saturated rings. The third kappa shape index (κ3) is 7.31. The lowest BCUT2D eigenvalue weighted by Gasteiger charge is -2.34. The van der Waals surface area contributed by atoms with Crippen molar-refractivity contribution in [2.24, 2.45) is 5.92 Å². The molecule has 1 atom stereocenters. The van der Waals surface area contributed by atoms with Gasteiger partial charge >= 0.3 is 5.97 Å². The van der Waals surface area contributed by atoms with Crippen molar-refractivity contribution in [3.63, 3.8) is 0 Å². The molecule has 5 rings (SSSR count). The number of nitrogens with one attached hydrogen (secondary N) is 1. The van der Waals surface area contributed by atoms with E-state index in [0.717, 1.165) is 31.2 Å². The van der Waals surface area contributed by atoms with Gasteiger partial charge in [0.1, 0.15) is 10.3 Å². The van der Waals surface area contributed by atoms with Crippen LogP contribution in [0, 0.1) is 5.92 Å². The zero-order chi connectivity index (χ0) is 30.6. The van der Waals surface area contributed by atoms with Gasteiger partial charge in [0.25, 0.3) is 0 Å². The van der Waals surface area contributed by atoms with Gasteiger partial charge in [-0.1, -0.05) is 49.2 Å². The maximum atomic E-state index is 13.6. The van der Waals surface area contributed by atoms with Gasteiger partial charge in [-0.15, -0.1) is 0 Å². The molecule has 14 heteroatoms. The van der Waals surface area contributed by atoms with Crippen LogP contribution < -0.4 is 10.1 Å². The molecule has 0 radical (unpaired) electrons. The number of thiazole rings is 1. The number of fused-ring (bicyclic) bond motifs is 1. The van der Waals surface area contributed by atoms with E-state index in [0.29, 0.717) is 33.7 Å². The van der Waals surface area contributed by atoms with E-state index in [1.807, 2.05) is 0 Å². The smallest absolute Gasteiger partial charge is 0.303 e. The normalized spacial score (nSPS) is 17.2. The lowest BCUT2D eigenvalue weighted by molar-refractivity contribution is -0.141. The van der Waals surface area contributed by atoms with E-state index in [9.17, 15) is 22.8 Å². The Morgan fingerprint density at radius 2 is 1.72 bits per heavy atom. The van der Waals surface area contributed by atoms with Gasteiger partial charge in [0, 0.05) is 38.7 Å². The summed E-state index contributed by atoms with van der Waals surface area (Å²) in [5.41, 5.74) is 1.39. The van der Waals surface area contributed by atoms with Gasteiger partial charge in [0.2, 0.25) is 27.7 Å². The third-order valence-corrected chi connectivity index (χ3v) is 10.9. The highest BCUT2D eigenvalue weighted by Crippen LogP contribution is 2.36. The van der Waals surface area contributed by atoms with Gasteiger partial charge < -0.3 is 20.1 Å². The number of piperazine rings is 1. The summed E-state index contributed by atoms with van der Waals surface area (Å²) >= 11 is 1.27. The first-order valence-corrected chi connectivity index (χ1v) is 16.6. The average molecular weight is 630 g/mol. The van der Waals surface area contributed by atoms with Crippen LogP contribution in [0.5, 0.6) is 5.88 Å². The van der Waals surface area contributed by atoms with Crippen molar-refractivity contribution in [3.8, 4) is 5.88 Å². The fraction of sp³-hybridized carbons (Fsp3) is 0.483. The highest BCUT2D eigenvalue weighted by Gasteiger charge is 2.32. The molecule has 2 N–H and O–H groups in total. The Balaban J connectivity index is 1.28. The van der Waals surface area contributed by atoms with Crippen molar-refractivity contribution in [1.82, 2.24) is 19.2 Å². The van der Waals surface area contributed by atoms with Gasteiger partial charge in [-0.3, -0.25) is 14.4 Å². The predicted molar refractivity (Wildman–Crippen MR) is 161 cm³/mol. The van der Waals surface area contributed by atoms with E-state index in [1.165, 1.54) is 39.8 Å². The maximum absolute atomic E-state index is 13.6. The van der Waals surface area contributed by atoms with E-state index in [2.05, 4.69) is 15.3 Å². The number of rotatable bonds is 11. The molecule has 1 aliphatic carbocycles. The Morgan fingerprint density at radius 1 is 1.02 bits per heavy atom. The summed E-state index contributed by atoms with van der Waals surface area (Å²) in [6, 6.07) is 10.0. The Hall–Kier alpha value is -3.62. The van der Waals surface area contributed by atoms with E-state index in [-0.39, 0.29) is 55.7 Å². The Morgan fingerprint density at radius 3 is 2.37 bits per heavy atom. The topological polar surface area (TPSA) is 159 Å². The molecular formula is C29H35N5O7S2. The van der Waals surface area contributed by atoms with Crippen LogP contribution in [0.25, 0.3) is 10.3 Å². The van der Waals surface area contributed by atoms with Crippen molar-refractivity contribution in [3.05, 3.63) is 42.0 Å². The van der Waals surface area contributed by atoms with E-state index in [4.69, 9.17) is 9.84 Å². The van der Waals surface area contributed by atoms with Crippen LogP contribution in [0.2, 0.25) is 0 Å². The fourth-order valence-electron chi connectivity index (χ4n) is 5.70. The second-order valence-corrected chi connectivity index (χ2v) is 13.8. The highest BCUT2D eigenvalue weighted by molar-refractivity contribution is 7.89. The molecule has 0 unspecified atom stereocenters. The van der Waals surface area contributed by atoms with Crippen LogP contribution in [0.4, 0.5) is 5.13 Å². The van der Waals surface area contributed by atoms with Gasteiger partial charge in [-0.2, -0.15) is 4.31 Å². The largest absolute Gasteiger partial charge is 0.481 e. The zero-order valence-electron chi connectivity index (χ0n) is 23.9. The van der Waals surface area contributed by atoms with Crippen LogP contribution in [-0.2, 0) is 24.4 Å². The van der Waals surface area contributed by atoms with Crippen LogP contribution in [0.1, 0.15) is 56.4 Å². The first-order chi connectivity index (χ1) is 20.6. The summed E-state index contributed by atoms with van der Waals surface area (Å²) in [5, 5.41) is 12.2. The van der Waals surface area contributed by atoms with Gasteiger partial charge in [-0.05, 0) is 36.1 Å². The molecule has 2 aromatic heterocycles. The Kier molecular flexibility index (Phi) is 9.57. The van der Waals surface area contributed by atoms with Crippen molar-refractivity contribution >= 4 is 54.6 Å². The molecule has 3 heterocycles. The number of benzene rings is 1. The number of sulfonamides is 1. The lowest BCUT2D eigenvalue weighted by atomic mass is 9.87. The Labute approximate surface area is 254 Å². The molecule has 1 saturated carbocycles. The quantitative estimate of drug-likeness (QED) is 0.322. The molecule has 3 aromatic rings. The number of nitrogens with zero attached hydrogens (tertiary/aromatic N) is 4. The number of hydrogen-bond donors (Lipinski definition) is 2. The van der Waals surface area contributed by atoms with Gasteiger partial charge in [0.15, 0.2) is 5.13 Å². The van der Waals surface area contributed by atoms with Crippen molar-refractivity contribution in [2.75, 3.05) is 38.6 Å². The minimum atomic E-state index is -3.82. The number of carboxylic acid groups (broad SMARTS) is 1. The highest BCUT2D eigenvalue weighted by atomic mass is 32.2. The number of aliphatic carboxylic acids is 1. The molecule has 2 amide bonds. The summed E-state index contributed by atoms with van der Waals surface area (Å²) in [4.78, 5) is 47.8. The summed E-state index contributed by atoms with van der Waals surface area (Å²) < 4.78 is 33.3. The zero-order valence-corrected chi connectivity index (χ0v) is 25.5. The molecule has 0 bridgehead atoms. The number of ether oxygens (including phenoxy) is 1. The number of carbonyl (C=O) groups excluding carboxylic acids is 2. The number of hydrogen-bond acceptors (Lipinski definition) is 9. The van der Waals surface area contributed by atoms with Crippen LogP contribution in [-0.4, -0.2) is 83.8 Å². The summed E-state index contributed by atoms with van der Waals surface area (Å²) in [6.45, 7) is 0.651. The number of amides is 2. The van der Waals surface area contributed by atoms with Crippen molar-refractivity contribution in [2.45, 2.75) is 55.8 Å². The minimum absolute atomic E-state index is 0.107. The molecule has 1 saturated heterocycles. The minimum Gasteiger partial charge on any atom is -0.481 e. The molecule has 0 spiro atoms. The van der Waals surface area contributed by atoms with Crippen molar-refractivity contribution < 1.29 is 32.6 Å². The Bertz CT molecular complexity index is 1580. The molecule has 43 heavy (non-hydrogen) atoms. The van der Waals surface area contributed by atoms with Crippen LogP contribution in [0.3, 0.4) is 0 Å². The number of methoxy groups -OCH3 is 1. The molecule has 230 valence electrons. The number of anilines is 1. The van der Waals surface area contributed by atoms with E-state index < -0.39 is 21.9 Å². The summed E-state index contributed by atoms with van der Waals surface area (Å²) in [5.74, 6) is -1.13. The molecule has 12 nitrogen and oxygen atoms in total. The van der Waals surface area contributed by atoms with Crippen molar-refractivity contribution in [1.29, 1.82) is 0 Å². The third-order valence-electron chi connectivity index (χ3n) is 8.09. The average Bonchev–Trinajstić information content (AvgIpc) is 3.67. The number of carbonyl (C=O) groups is 3. The standard InChI is InChI=1S/C29H35N5O7S2/c1-41-24-11-10-23-28(31-24)42-29(30-23)32-27(38)22(18-19-4-2-3-5-19)20-6-8-21(9-7-20)43(39,40)34-16-14-33(15-17-34)25(35)12-13-26(36)37/h6-11,19,22H,2-5,12-18H2,1H3,(H,36,37)(H,30,32,38)/t22-/m1/s1. The number of carboxylic acids is 1. The molecule has 2 aliphatic rings. The number of pyridine rings is 1. The number of aromatic nitrogens is 2. The molecule has 1 aliphatic heterocycles. The molecule has 1 aromatic carbocycles. The van der Waals surface area contributed by atoms with E-state index >= 15 is 0 Å². The first-order valence-electron chi connectivity index (χ1n) is 14.4. The monoisotopic (exact) mass is 629 g/mol. The van der Waals surface area contributed by atoms with Crippen LogP contribution in [0.15, 0.2) is 41.3 Å². The maximum Gasteiger partial charge on any atom is 0.303 e. The second-order valence-electron chi connectivity index (χ2n) is 10.9. The van der Waals surface area contributed by atoms with Gasteiger partial charge in [0.05, 0.1) is 24.3 Å². The fourth-order valence-corrected chi connectivity index (χ4v) is 7.96. The SMILES string of the molecule is COc1ccc2nc(NC(=O)[C@H](CC3CCCC3)c3ccc(S(=O)(=O)N4CCN(C(=O)CCC(=O)O)CC4)cc3)sc2n1. The molecular weight excluding hydrogens is 594 g/mol. The second kappa shape index (κ2) is 13.3. The summed E-state index contributed by atoms with van der Waals surface area (Å²) in [7, 11) is -2.28. The summed E-state index contributed by atoms with van der Waals surface area (Å²) in [6.07, 6.45) is 4.70. The van der Waals surface area contributed by atoms with Gasteiger partial charge in [-0.25, -0.2) is 18.4 Å². The lowest BCUT2D eigenvalue weighted by Crippen LogP contribution is -2.50.